The third kappa shape index (κ3) is 4.75. The van der Waals surface area contributed by atoms with E-state index in [-0.39, 0.29) is 36.2 Å². The maximum atomic E-state index is 12.8. The summed E-state index contributed by atoms with van der Waals surface area (Å²) < 4.78 is 23.2. The first-order valence-corrected chi connectivity index (χ1v) is 8.11. The summed E-state index contributed by atoms with van der Waals surface area (Å²) in [4.78, 5) is 34.7. The van der Waals surface area contributed by atoms with E-state index in [1.165, 1.54) is 24.3 Å². The summed E-state index contributed by atoms with van der Waals surface area (Å²) in [5.74, 6) is 0.428. The molecule has 0 bridgehead atoms. The Morgan fingerprint density at radius 3 is 2.78 bits per heavy atom. The molecule has 0 radical (unpaired) electrons. The summed E-state index contributed by atoms with van der Waals surface area (Å²) in [7, 11) is 0. The number of amides is 1. The minimum Gasteiger partial charge on any atom is -0.486 e. The third-order valence-electron chi connectivity index (χ3n) is 3.51. The fourth-order valence-corrected chi connectivity index (χ4v) is 2.11. The smallest absolute Gasteiger partial charge is 0.263 e. The highest BCUT2D eigenvalue weighted by atomic mass is 19.1. The van der Waals surface area contributed by atoms with Gasteiger partial charge in [-0.2, -0.15) is 4.98 Å². The molecule has 0 fully saturated rings. The van der Waals surface area contributed by atoms with E-state index in [4.69, 9.17) is 9.26 Å². The molecule has 10 heteroatoms. The highest BCUT2D eigenvalue weighted by Gasteiger charge is 2.14. The van der Waals surface area contributed by atoms with Crippen molar-refractivity contribution in [2.75, 3.05) is 0 Å². The van der Waals surface area contributed by atoms with Crippen molar-refractivity contribution in [1.29, 1.82) is 0 Å². The summed E-state index contributed by atoms with van der Waals surface area (Å²) in [5.41, 5.74) is -0.768. The van der Waals surface area contributed by atoms with Crippen molar-refractivity contribution in [2.24, 2.45) is 0 Å². The maximum Gasteiger partial charge on any atom is 0.263 e. The van der Waals surface area contributed by atoms with Gasteiger partial charge in [-0.25, -0.2) is 9.37 Å². The molecule has 2 aromatic heterocycles. The Hall–Kier alpha value is -3.56. The second kappa shape index (κ2) is 8.21. The average molecular weight is 373 g/mol. The molecule has 3 rings (SSSR count). The lowest BCUT2D eigenvalue weighted by molar-refractivity contribution is 0.0944. The van der Waals surface area contributed by atoms with Crippen LogP contribution in [0.4, 0.5) is 4.39 Å². The second-order valence-corrected chi connectivity index (χ2v) is 5.46. The number of carbonyl (C=O) groups excluding carboxylic acids is 1. The van der Waals surface area contributed by atoms with Gasteiger partial charge in [-0.1, -0.05) is 12.1 Å². The van der Waals surface area contributed by atoms with E-state index in [1.807, 2.05) is 6.92 Å². The highest BCUT2D eigenvalue weighted by molar-refractivity contribution is 5.93. The lowest BCUT2D eigenvalue weighted by Gasteiger charge is -2.06. The lowest BCUT2D eigenvalue weighted by Crippen LogP contribution is -2.30. The van der Waals surface area contributed by atoms with Gasteiger partial charge in [0.25, 0.3) is 11.5 Å². The van der Waals surface area contributed by atoms with Crippen LogP contribution in [0.3, 0.4) is 0 Å². The van der Waals surface area contributed by atoms with Gasteiger partial charge in [0.1, 0.15) is 29.6 Å². The Kier molecular flexibility index (Phi) is 5.55. The molecule has 0 aliphatic heterocycles. The van der Waals surface area contributed by atoms with E-state index in [1.54, 1.807) is 0 Å². The Morgan fingerprint density at radius 1 is 1.33 bits per heavy atom. The van der Waals surface area contributed by atoms with Crippen LogP contribution in [0.25, 0.3) is 0 Å². The van der Waals surface area contributed by atoms with Crippen LogP contribution in [0.5, 0.6) is 5.75 Å². The topological polar surface area (TPSA) is 123 Å². The van der Waals surface area contributed by atoms with Crippen LogP contribution in [-0.2, 0) is 19.6 Å². The first-order chi connectivity index (χ1) is 13.0. The molecule has 0 unspecified atom stereocenters. The van der Waals surface area contributed by atoms with Crippen molar-refractivity contribution >= 4 is 5.91 Å². The number of halogens is 1. The normalized spacial score (nSPS) is 10.6. The predicted molar refractivity (Wildman–Crippen MR) is 90.4 cm³/mol. The van der Waals surface area contributed by atoms with Gasteiger partial charge in [-0.15, -0.1) is 0 Å². The first-order valence-electron chi connectivity index (χ1n) is 8.11. The molecule has 0 saturated carbocycles. The van der Waals surface area contributed by atoms with E-state index in [0.717, 1.165) is 6.20 Å². The molecule has 0 aliphatic carbocycles. The minimum atomic E-state index is -0.619. The van der Waals surface area contributed by atoms with Crippen molar-refractivity contribution in [1.82, 2.24) is 25.4 Å². The third-order valence-corrected chi connectivity index (χ3v) is 3.51. The quantitative estimate of drug-likeness (QED) is 0.641. The first kappa shape index (κ1) is 18.2. The number of carbonyl (C=O) groups is 1. The summed E-state index contributed by atoms with van der Waals surface area (Å²) in [6.45, 7) is 1.84. The molecule has 9 nitrogen and oxygen atoms in total. The zero-order chi connectivity index (χ0) is 19.2. The van der Waals surface area contributed by atoms with Crippen LogP contribution in [-0.4, -0.2) is 26.0 Å². The van der Waals surface area contributed by atoms with Crippen LogP contribution in [0.2, 0.25) is 0 Å². The molecular formula is C17H16FN5O4. The number of hydrogen-bond donors (Lipinski definition) is 2. The van der Waals surface area contributed by atoms with Crippen LogP contribution < -0.4 is 15.6 Å². The number of rotatable bonds is 7. The van der Waals surface area contributed by atoms with Crippen molar-refractivity contribution in [3.8, 4) is 5.75 Å². The fraction of sp³-hybridized carbons (Fsp3) is 0.235. The maximum absolute atomic E-state index is 12.8. The summed E-state index contributed by atoms with van der Waals surface area (Å²) >= 11 is 0. The largest absolute Gasteiger partial charge is 0.486 e. The van der Waals surface area contributed by atoms with Gasteiger partial charge in [0.2, 0.25) is 5.89 Å². The number of benzene rings is 1. The van der Waals surface area contributed by atoms with Crippen LogP contribution >= 0.6 is 0 Å². The van der Waals surface area contributed by atoms with E-state index in [0.29, 0.717) is 18.0 Å². The van der Waals surface area contributed by atoms with E-state index < -0.39 is 11.5 Å². The molecule has 0 atom stereocenters. The van der Waals surface area contributed by atoms with Crippen molar-refractivity contribution < 1.29 is 18.4 Å². The second-order valence-electron chi connectivity index (χ2n) is 5.46. The molecule has 27 heavy (non-hydrogen) atoms. The molecule has 0 aliphatic rings. The minimum absolute atomic E-state index is 0.000697. The molecule has 2 heterocycles. The van der Waals surface area contributed by atoms with Crippen molar-refractivity contribution in [2.45, 2.75) is 26.5 Å². The molecule has 1 aromatic carbocycles. The standard InChI is InChI=1S/C17H16FN5O4/c1-2-13-21-15(27-23-13)8-20-16(24)12-7-19-14(22-17(12)25)9-26-11-5-3-10(18)4-6-11/h3-7H,2,8-9H2,1H3,(H,20,24)(H,19,22,25). The number of ether oxygens (including phenoxy) is 1. The number of H-pyrrole nitrogens is 1. The Labute approximate surface area is 152 Å². The summed E-state index contributed by atoms with van der Waals surface area (Å²) in [6, 6.07) is 5.42. The van der Waals surface area contributed by atoms with Gasteiger partial charge in [0.05, 0.1) is 6.54 Å². The molecule has 2 N–H and O–H groups in total. The van der Waals surface area contributed by atoms with Crippen molar-refractivity contribution in [3.05, 3.63) is 69.7 Å². The number of aromatic amines is 1. The van der Waals surface area contributed by atoms with Crippen LogP contribution in [0.1, 0.15) is 34.8 Å². The van der Waals surface area contributed by atoms with Gasteiger partial charge < -0.3 is 19.6 Å². The molecule has 3 aromatic rings. The highest BCUT2D eigenvalue weighted by Crippen LogP contribution is 2.12. The lowest BCUT2D eigenvalue weighted by atomic mass is 10.3. The van der Waals surface area contributed by atoms with Gasteiger partial charge in [-0.05, 0) is 24.3 Å². The average Bonchev–Trinajstić information content (AvgIpc) is 3.14. The molecular weight excluding hydrogens is 357 g/mol. The summed E-state index contributed by atoms with van der Waals surface area (Å²) in [5, 5.41) is 6.23. The van der Waals surface area contributed by atoms with Gasteiger partial charge in [-0.3, -0.25) is 9.59 Å². The molecule has 1 amide bonds. The summed E-state index contributed by atoms with van der Waals surface area (Å²) in [6.07, 6.45) is 1.77. The number of aryl methyl sites for hydroxylation is 1. The van der Waals surface area contributed by atoms with Crippen LogP contribution in [0, 0.1) is 5.82 Å². The van der Waals surface area contributed by atoms with E-state index in [2.05, 4.69) is 25.4 Å². The predicted octanol–water partition coefficient (Wildman–Crippen LogP) is 1.36. The fourth-order valence-electron chi connectivity index (χ4n) is 2.11. The zero-order valence-corrected chi connectivity index (χ0v) is 14.4. The molecule has 0 spiro atoms. The Balaban J connectivity index is 1.59. The molecule has 0 saturated heterocycles. The van der Waals surface area contributed by atoms with E-state index in [9.17, 15) is 14.0 Å². The van der Waals surface area contributed by atoms with Gasteiger partial charge >= 0.3 is 0 Å². The van der Waals surface area contributed by atoms with Crippen LogP contribution in [0.15, 0.2) is 39.8 Å². The van der Waals surface area contributed by atoms with E-state index >= 15 is 0 Å². The molecule has 140 valence electrons. The Morgan fingerprint density at radius 2 is 2.11 bits per heavy atom. The van der Waals surface area contributed by atoms with Gasteiger partial charge in [0, 0.05) is 12.6 Å². The number of nitrogens with zero attached hydrogens (tertiary/aromatic N) is 3. The Bertz CT molecular complexity index is 983. The van der Waals surface area contributed by atoms with Crippen molar-refractivity contribution in [3.63, 3.8) is 0 Å². The van der Waals surface area contributed by atoms with Gasteiger partial charge in [0.15, 0.2) is 5.82 Å². The number of nitrogens with one attached hydrogen (secondary N) is 2. The zero-order valence-electron chi connectivity index (χ0n) is 14.4. The SMILES string of the molecule is CCc1noc(CNC(=O)c2cnc(COc3ccc(F)cc3)[nH]c2=O)n1. The number of hydrogen-bond acceptors (Lipinski definition) is 7. The number of aromatic nitrogens is 4. The monoisotopic (exact) mass is 373 g/mol.